The average Bonchev–Trinajstić information content (AvgIpc) is 3.56. The standard InChI is InChI=1S/C61H84BN2S/c1-18-21-45-28-33-63(34-29-49(58(9,10)11)48(22-19-2)57(6,7)8)42(5)53(36-44-35-40(3)24-25-41(44)4)62-56-55(64(45)46-27-26-43-23-20-30-59(12,13)50(43)37-46)47-38-51-52(39-54(47)65-56)61(16,17)32-31-60(51,14)15/h18-19,21-22,26-29,33-34,36-41,48-49H,1,20,23-25,30-32,35H2,2-17H3/b22-19+,33-28+,34-29+,44-36+,45-21+,53-42-. The largest absolute Gasteiger partial charge is 0.329 e. The third-order valence-corrected chi connectivity index (χ3v) is 17.2. The van der Waals surface area contributed by atoms with E-state index in [1.54, 1.807) is 5.57 Å². The zero-order valence-corrected chi connectivity index (χ0v) is 44.5. The number of benzene rings is 2. The van der Waals surface area contributed by atoms with Crippen LogP contribution in [0.1, 0.15) is 178 Å². The van der Waals surface area contributed by atoms with Crippen LogP contribution < -0.4 is 9.68 Å². The van der Waals surface area contributed by atoms with E-state index in [0.29, 0.717) is 23.7 Å². The predicted molar refractivity (Wildman–Crippen MR) is 289 cm³/mol. The van der Waals surface area contributed by atoms with Crippen molar-refractivity contribution in [1.29, 1.82) is 0 Å². The molecule has 2 aromatic carbocycles. The SMILES string of the molecule is C=C/C=C1\C=C\N(/C=C/C(C(/C=C/C)C(C)(C)C)C(C)(C)C)/C(C)=C(/C=C2\CC(C)CCC2C)[B]c2sc3cc4c(cc3c2N1c1ccc2c(c1)C(C)(C)CCC2)C(C)(C)CCC4(C)C. The highest BCUT2D eigenvalue weighted by Crippen LogP contribution is 2.51. The summed E-state index contributed by atoms with van der Waals surface area (Å²) in [7, 11) is 2.57. The number of fused-ring (bicyclic) bond motifs is 5. The van der Waals surface area contributed by atoms with Gasteiger partial charge in [-0.3, -0.25) is 0 Å². The van der Waals surface area contributed by atoms with Gasteiger partial charge in [0.25, 0.3) is 0 Å². The number of hydrogen-bond donors (Lipinski definition) is 0. The second kappa shape index (κ2) is 18.4. The number of hydrogen-bond acceptors (Lipinski definition) is 3. The summed E-state index contributed by atoms with van der Waals surface area (Å²) in [5.41, 5.74) is 14.2. The molecule has 1 aliphatic heterocycles. The molecule has 4 heteroatoms. The van der Waals surface area contributed by atoms with Crippen LogP contribution in [0.2, 0.25) is 0 Å². The van der Waals surface area contributed by atoms with Gasteiger partial charge in [-0.05, 0) is 179 Å². The number of anilines is 2. The third-order valence-electron chi connectivity index (χ3n) is 16.1. The molecular weight excluding hydrogens is 804 g/mol. The number of rotatable bonds is 7. The van der Waals surface area contributed by atoms with E-state index in [2.05, 4.69) is 214 Å². The second-order valence-electron chi connectivity index (χ2n) is 24.8. The Bertz CT molecular complexity index is 2460. The molecule has 65 heavy (non-hydrogen) atoms. The lowest BCUT2D eigenvalue weighted by atomic mass is 9.62. The van der Waals surface area contributed by atoms with Crippen LogP contribution in [0, 0.1) is 34.5 Å². The van der Waals surface area contributed by atoms with Crippen LogP contribution in [0.15, 0.2) is 114 Å². The highest BCUT2D eigenvalue weighted by Gasteiger charge is 2.40. The van der Waals surface area contributed by atoms with Gasteiger partial charge in [0, 0.05) is 39.6 Å². The van der Waals surface area contributed by atoms with Gasteiger partial charge in [-0.2, -0.15) is 0 Å². The minimum Gasteiger partial charge on any atom is -0.329 e. The number of nitrogens with zero attached hydrogens (tertiary/aromatic N) is 2. The molecule has 1 aromatic heterocycles. The average molecular weight is 888 g/mol. The van der Waals surface area contributed by atoms with Crippen molar-refractivity contribution in [2.24, 2.45) is 34.5 Å². The van der Waals surface area contributed by atoms with Crippen molar-refractivity contribution in [3.8, 4) is 0 Å². The van der Waals surface area contributed by atoms with E-state index in [-0.39, 0.29) is 27.1 Å². The van der Waals surface area contributed by atoms with Gasteiger partial charge in [0.05, 0.1) is 5.69 Å². The Balaban J connectivity index is 1.56. The van der Waals surface area contributed by atoms with Crippen molar-refractivity contribution in [2.45, 2.75) is 178 Å². The molecule has 347 valence electrons. The van der Waals surface area contributed by atoms with E-state index in [1.807, 2.05) is 17.4 Å². The lowest BCUT2D eigenvalue weighted by Crippen LogP contribution is -2.34. The molecule has 2 heterocycles. The van der Waals surface area contributed by atoms with Gasteiger partial charge >= 0.3 is 0 Å². The molecule has 3 aliphatic carbocycles. The Morgan fingerprint density at radius 2 is 1.48 bits per heavy atom. The Labute approximate surface area is 402 Å². The van der Waals surface area contributed by atoms with E-state index in [4.69, 9.17) is 0 Å². The van der Waals surface area contributed by atoms with E-state index < -0.39 is 0 Å². The highest BCUT2D eigenvalue weighted by molar-refractivity contribution is 7.29. The molecule has 0 saturated heterocycles. The summed E-state index contributed by atoms with van der Waals surface area (Å²) in [5.74, 6) is 1.93. The summed E-state index contributed by atoms with van der Waals surface area (Å²) in [6.45, 7) is 43.0. The van der Waals surface area contributed by atoms with Gasteiger partial charge in [-0.15, -0.1) is 11.3 Å². The number of aryl methyl sites for hydroxylation is 1. The molecule has 4 atom stereocenters. The summed E-state index contributed by atoms with van der Waals surface area (Å²) in [6.07, 6.45) is 30.8. The predicted octanol–water partition coefficient (Wildman–Crippen LogP) is 17.3. The number of allylic oxidation sites excluding steroid dienone is 10. The molecular formula is C61H84BN2S. The maximum atomic E-state index is 4.35. The number of thiophene rings is 1. The summed E-state index contributed by atoms with van der Waals surface area (Å²) < 4.78 is 2.67. The summed E-state index contributed by atoms with van der Waals surface area (Å²) >= 11 is 1.98. The van der Waals surface area contributed by atoms with E-state index in [1.165, 1.54) is 98.2 Å². The van der Waals surface area contributed by atoms with Crippen molar-refractivity contribution in [1.82, 2.24) is 4.90 Å². The van der Waals surface area contributed by atoms with Crippen LogP contribution in [0.4, 0.5) is 11.4 Å². The van der Waals surface area contributed by atoms with Crippen molar-refractivity contribution in [2.75, 3.05) is 4.90 Å². The summed E-state index contributed by atoms with van der Waals surface area (Å²) in [5, 5.41) is 1.35. The molecule has 1 fully saturated rings. The first kappa shape index (κ1) is 49.2. The van der Waals surface area contributed by atoms with Gasteiger partial charge in [0.1, 0.15) is 0 Å². The minimum atomic E-state index is 0.0518. The van der Waals surface area contributed by atoms with Crippen LogP contribution in [-0.2, 0) is 22.7 Å². The lowest BCUT2D eigenvalue weighted by molar-refractivity contribution is 0.142. The summed E-state index contributed by atoms with van der Waals surface area (Å²) in [6, 6.07) is 12.6. The first-order valence-corrected chi connectivity index (χ1v) is 26.1. The molecule has 0 amide bonds. The Morgan fingerprint density at radius 1 is 0.831 bits per heavy atom. The smallest absolute Gasteiger partial charge is 0.210 e. The lowest BCUT2D eigenvalue weighted by Gasteiger charge is -2.42. The van der Waals surface area contributed by atoms with Crippen molar-refractivity contribution < 1.29 is 0 Å². The normalized spacial score (nSPS) is 26.2. The molecule has 4 unspecified atom stereocenters. The van der Waals surface area contributed by atoms with Gasteiger partial charge < -0.3 is 9.80 Å². The van der Waals surface area contributed by atoms with Gasteiger partial charge in [0.2, 0.25) is 7.28 Å². The fourth-order valence-electron chi connectivity index (χ4n) is 11.7. The summed E-state index contributed by atoms with van der Waals surface area (Å²) in [4.78, 5) is 5.03. The third kappa shape index (κ3) is 10.1. The highest BCUT2D eigenvalue weighted by atomic mass is 32.1. The van der Waals surface area contributed by atoms with Gasteiger partial charge in [-0.25, -0.2) is 0 Å². The molecule has 1 saturated carbocycles. The second-order valence-corrected chi connectivity index (χ2v) is 25.9. The maximum Gasteiger partial charge on any atom is 0.210 e. The van der Waals surface area contributed by atoms with Crippen LogP contribution >= 0.6 is 11.3 Å². The van der Waals surface area contributed by atoms with Crippen molar-refractivity contribution >= 4 is 44.9 Å². The molecule has 0 spiro atoms. The fourth-order valence-corrected chi connectivity index (χ4v) is 12.9. The van der Waals surface area contributed by atoms with Gasteiger partial charge in [0.15, 0.2) is 0 Å². The first-order chi connectivity index (χ1) is 30.4. The molecule has 0 N–H and O–H groups in total. The Kier molecular flexibility index (Phi) is 13.9. The Hall–Kier alpha value is -3.76. The maximum absolute atomic E-state index is 4.35. The Morgan fingerprint density at radius 3 is 2.12 bits per heavy atom. The minimum absolute atomic E-state index is 0.0518. The molecule has 7 rings (SSSR count). The van der Waals surface area contributed by atoms with Gasteiger partial charge in [-0.1, -0.05) is 151 Å². The van der Waals surface area contributed by atoms with Crippen LogP contribution in [0.25, 0.3) is 10.1 Å². The molecule has 3 aromatic rings. The first-order valence-electron chi connectivity index (χ1n) is 25.3. The van der Waals surface area contributed by atoms with E-state index in [0.717, 1.165) is 18.5 Å². The van der Waals surface area contributed by atoms with Crippen LogP contribution in [0.3, 0.4) is 0 Å². The quantitative estimate of drug-likeness (QED) is 0.172. The monoisotopic (exact) mass is 888 g/mol. The zero-order valence-electron chi connectivity index (χ0n) is 43.6. The van der Waals surface area contributed by atoms with E-state index in [9.17, 15) is 0 Å². The zero-order chi connectivity index (χ0) is 47.4. The van der Waals surface area contributed by atoms with Crippen LogP contribution in [0.5, 0.6) is 0 Å². The molecule has 4 aliphatic rings. The molecule has 2 nitrogen and oxygen atoms in total. The van der Waals surface area contributed by atoms with E-state index >= 15 is 0 Å². The van der Waals surface area contributed by atoms with Crippen LogP contribution in [-0.4, -0.2) is 12.2 Å². The molecule has 0 bridgehead atoms. The molecule has 1 radical (unpaired) electrons. The van der Waals surface area contributed by atoms with Crippen molar-refractivity contribution in [3.63, 3.8) is 0 Å². The fraction of sp³-hybridized carbons (Fsp3) is 0.541. The topological polar surface area (TPSA) is 6.48 Å². The van der Waals surface area contributed by atoms with Crippen molar-refractivity contribution in [3.05, 3.63) is 137 Å².